The van der Waals surface area contributed by atoms with Gasteiger partial charge in [0.25, 0.3) is 5.91 Å². The molecular weight excluding hydrogens is 334 g/mol. The van der Waals surface area contributed by atoms with Gasteiger partial charge in [-0.1, -0.05) is 18.2 Å². The summed E-state index contributed by atoms with van der Waals surface area (Å²) < 4.78 is 11.4. The molecule has 1 amide bonds. The lowest BCUT2D eigenvalue weighted by Crippen LogP contribution is -2.48. The Bertz CT molecular complexity index is 743. The van der Waals surface area contributed by atoms with Gasteiger partial charge in [0.05, 0.1) is 0 Å². The zero-order chi connectivity index (χ0) is 17.6. The van der Waals surface area contributed by atoms with E-state index in [4.69, 9.17) is 0 Å². The van der Waals surface area contributed by atoms with Gasteiger partial charge in [-0.3, -0.25) is 18.9 Å². The van der Waals surface area contributed by atoms with Gasteiger partial charge < -0.3 is 4.90 Å². The maximum Gasteiger partial charge on any atom is 0.253 e. The Labute approximate surface area is 151 Å². The molecular formula is C19H23N3O2S. The molecule has 25 heavy (non-hydrogen) atoms. The van der Waals surface area contributed by atoms with E-state index in [0.29, 0.717) is 11.3 Å². The molecule has 0 radical (unpaired) electrons. The molecule has 132 valence electrons. The minimum absolute atomic E-state index is 0.0600. The van der Waals surface area contributed by atoms with Crippen molar-refractivity contribution in [2.75, 3.05) is 32.4 Å². The molecule has 0 bridgehead atoms. The molecule has 1 saturated heterocycles. The van der Waals surface area contributed by atoms with E-state index in [1.165, 1.54) is 5.56 Å². The largest absolute Gasteiger partial charge is 0.336 e. The Morgan fingerprint density at radius 2 is 1.88 bits per heavy atom. The standard InChI is InChI=1S/C19H23N3O2S/c1-25(24)15-16-4-2-6-18(12-16)19(23)22-10-8-21(9-11-22)14-17-5-3-7-20-13-17/h2-7,12-13H,8-11,14-15H2,1H3. The normalized spacial score (nSPS) is 16.6. The highest BCUT2D eigenvalue weighted by atomic mass is 32.2. The molecule has 6 heteroatoms. The highest BCUT2D eigenvalue weighted by Gasteiger charge is 2.22. The number of piperazine rings is 1. The topological polar surface area (TPSA) is 53.5 Å². The number of carbonyl (C=O) groups is 1. The van der Waals surface area contributed by atoms with Crippen molar-refractivity contribution >= 4 is 16.7 Å². The summed E-state index contributed by atoms with van der Waals surface area (Å²) in [7, 11) is -0.904. The van der Waals surface area contributed by atoms with Gasteiger partial charge in [-0.05, 0) is 29.3 Å². The molecule has 1 aliphatic rings. The molecule has 3 rings (SSSR count). The Kier molecular flexibility index (Phi) is 5.94. The van der Waals surface area contributed by atoms with Crippen LogP contribution in [-0.4, -0.2) is 57.3 Å². The summed E-state index contributed by atoms with van der Waals surface area (Å²) >= 11 is 0. The van der Waals surface area contributed by atoms with E-state index < -0.39 is 10.8 Å². The fourth-order valence-electron chi connectivity index (χ4n) is 3.07. The van der Waals surface area contributed by atoms with Crippen molar-refractivity contribution in [3.63, 3.8) is 0 Å². The first kappa shape index (κ1) is 17.8. The van der Waals surface area contributed by atoms with Gasteiger partial charge in [0.1, 0.15) is 0 Å². The summed E-state index contributed by atoms with van der Waals surface area (Å²) in [5.74, 6) is 0.546. The third-order valence-electron chi connectivity index (χ3n) is 4.33. The molecule has 1 fully saturated rings. The number of hydrogen-bond acceptors (Lipinski definition) is 4. The van der Waals surface area contributed by atoms with Gasteiger partial charge in [-0.15, -0.1) is 0 Å². The first-order valence-electron chi connectivity index (χ1n) is 8.41. The number of aromatic nitrogens is 1. The summed E-state index contributed by atoms with van der Waals surface area (Å²) in [6.45, 7) is 4.04. The third-order valence-corrected chi connectivity index (χ3v) is 5.07. The molecule has 1 aromatic heterocycles. The zero-order valence-electron chi connectivity index (χ0n) is 14.4. The zero-order valence-corrected chi connectivity index (χ0v) is 15.2. The van der Waals surface area contributed by atoms with Crippen molar-refractivity contribution in [3.8, 4) is 0 Å². The van der Waals surface area contributed by atoms with E-state index in [1.807, 2.05) is 41.4 Å². The fraction of sp³-hybridized carbons (Fsp3) is 0.368. The summed E-state index contributed by atoms with van der Waals surface area (Å²) in [6, 6.07) is 11.5. The van der Waals surface area contributed by atoms with Crippen molar-refractivity contribution in [1.82, 2.24) is 14.8 Å². The molecule has 0 aliphatic carbocycles. The van der Waals surface area contributed by atoms with Crippen LogP contribution >= 0.6 is 0 Å². The van der Waals surface area contributed by atoms with E-state index >= 15 is 0 Å². The molecule has 0 N–H and O–H groups in total. The maximum atomic E-state index is 12.7. The summed E-state index contributed by atoms with van der Waals surface area (Å²) in [5, 5.41) is 0. The SMILES string of the molecule is CS(=O)Cc1cccc(C(=O)N2CCN(Cc3cccnc3)CC2)c1. The number of nitrogens with zero attached hydrogens (tertiary/aromatic N) is 3. The average molecular weight is 357 g/mol. The number of rotatable bonds is 5. The van der Waals surface area contributed by atoms with E-state index in [-0.39, 0.29) is 5.91 Å². The fourth-order valence-corrected chi connectivity index (χ4v) is 3.72. The smallest absolute Gasteiger partial charge is 0.253 e. The number of carbonyl (C=O) groups excluding carboxylic acids is 1. The summed E-state index contributed by atoms with van der Waals surface area (Å²) in [4.78, 5) is 21.1. The molecule has 5 nitrogen and oxygen atoms in total. The van der Waals surface area contributed by atoms with Crippen LogP contribution in [0.5, 0.6) is 0 Å². The monoisotopic (exact) mass is 357 g/mol. The molecule has 1 aliphatic heterocycles. The van der Waals surface area contributed by atoms with Crippen molar-refractivity contribution in [2.45, 2.75) is 12.3 Å². The number of amides is 1. The van der Waals surface area contributed by atoms with Gasteiger partial charge in [-0.25, -0.2) is 0 Å². The first-order valence-corrected chi connectivity index (χ1v) is 10.1. The van der Waals surface area contributed by atoms with Gasteiger partial charge in [-0.2, -0.15) is 0 Å². The Hall–Kier alpha value is -2.05. The van der Waals surface area contributed by atoms with Crippen LogP contribution in [-0.2, 0) is 23.1 Å². The second-order valence-corrected chi connectivity index (χ2v) is 7.78. The van der Waals surface area contributed by atoms with E-state index in [1.54, 1.807) is 12.5 Å². The lowest BCUT2D eigenvalue weighted by atomic mass is 10.1. The van der Waals surface area contributed by atoms with Crippen LogP contribution in [0.2, 0.25) is 0 Å². The minimum Gasteiger partial charge on any atom is -0.336 e. The maximum absolute atomic E-state index is 12.7. The van der Waals surface area contributed by atoms with Crippen LogP contribution < -0.4 is 0 Å². The molecule has 1 aromatic carbocycles. The molecule has 2 aromatic rings. The van der Waals surface area contributed by atoms with E-state index in [0.717, 1.165) is 38.3 Å². The van der Waals surface area contributed by atoms with Crippen molar-refractivity contribution in [2.24, 2.45) is 0 Å². The van der Waals surface area contributed by atoms with Crippen LogP contribution in [0, 0.1) is 0 Å². The number of pyridine rings is 1. The highest BCUT2D eigenvalue weighted by Crippen LogP contribution is 2.13. The molecule has 0 spiro atoms. The average Bonchev–Trinajstić information content (AvgIpc) is 2.62. The second kappa shape index (κ2) is 8.36. The van der Waals surface area contributed by atoms with Crippen molar-refractivity contribution in [1.29, 1.82) is 0 Å². The summed E-state index contributed by atoms with van der Waals surface area (Å²) in [6.07, 6.45) is 5.35. The number of hydrogen-bond donors (Lipinski definition) is 0. The predicted molar refractivity (Wildman–Crippen MR) is 99.6 cm³/mol. The Morgan fingerprint density at radius 3 is 2.56 bits per heavy atom. The van der Waals surface area contributed by atoms with Gasteiger partial charge >= 0.3 is 0 Å². The first-order chi connectivity index (χ1) is 12.1. The Balaban J connectivity index is 1.57. The van der Waals surface area contributed by atoms with Crippen LogP contribution in [0.4, 0.5) is 0 Å². The predicted octanol–water partition coefficient (Wildman–Crippen LogP) is 1.92. The molecule has 1 unspecified atom stereocenters. The van der Waals surface area contributed by atoms with Crippen LogP contribution in [0.25, 0.3) is 0 Å². The number of benzene rings is 1. The van der Waals surface area contributed by atoms with Crippen LogP contribution in [0.15, 0.2) is 48.8 Å². The van der Waals surface area contributed by atoms with E-state index in [2.05, 4.69) is 16.0 Å². The van der Waals surface area contributed by atoms with Crippen LogP contribution in [0.3, 0.4) is 0 Å². The molecule has 0 saturated carbocycles. The van der Waals surface area contributed by atoms with Gasteiger partial charge in [0.2, 0.25) is 0 Å². The third kappa shape index (κ3) is 4.96. The second-order valence-electron chi connectivity index (χ2n) is 6.35. The van der Waals surface area contributed by atoms with Crippen molar-refractivity contribution in [3.05, 3.63) is 65.5 Å². The lowest BCUT2D eigenvalue weighted by molar-refractivity contribution is 0.0628. The van der Waals surface area contributed by atoms with Crippen molar-refractivity contribution < 1.29 is 9.00 Å². The van der Waals surface area contributed by atoms with Gasteiger partial charge in [0, 0.05) is 73.5 Å². The molecule has 1 atom stereocenters. The van der Waals surface area contributed by atoms with Crippen LogP contribution in [0.1, 0.15) is 21.5 Å². The van der Waals surface area contributed by atoms with Gasteiger partial charge in [0.15, 0.2) is 0 Å². The minimum atomic E-state index is -0.904. The Morgan fingerprint density at radius 1 is 1.12 bits per heavy atom. The molecule has 2 heterocycles. The summed E-state index contributed by atoms with van der Waals surface area (Å²) in [5.41, 5.74) is 2.83. The van der Waals surface area contributed by atoms with E-state index in [9.17, 15) is 9.00 Å². The quantitative estimate of drug-likeness (QED) is 0.820. The lowest BCUT2D eigenvalue weighted by Gasteiger charge is -2.34. The highest BCUT2D eigenvalue weighted by molar-refractivity contribution is 7.83.